The van der Waals surface area contributed by atoms with Crippen LogP contribution in [-0.4, -0.2) is 29.1 Å². The summed E-state index contributed by atoms with van der Waals surface area (Å²) in [5.41, 5.74) is 4.36. The molecule has 4 rings (SSSR count). The molecule has 1 amide bonds. The van der Waals surface area contributed by atoms with E-state index >= 15 is 0 Å². The van der Waals surface area contributed by atoms with Crippen molar-refractivity contribution in [1.29, 1.82) is 5.26 Å². The van der Waals surface area contributed by atoms with Crippen molar-refractivity contribution in [2.75, 3.05) is 18.4 Å². The second-order valence-electron chi connectivity index (χ2n) is 7.60. The molecule has 2 aromatic heterocycles. The fraction of sp³-hybridized carbons (Fsp3) is 0.250. The van der Waals surface area contributed by atoms with Crippen LogP contribution in [0.1, 0.15) is 29.7 Å². The zero-order valence-electron chi connectivity index (χ0n) is 17.1. The third kappa shape index (κ3) is 4.94. The van der Waals surface area contributed by atoms with Gasteiger partial charge in [-0.2, -0.15) is 5.26 Å². The fourth-order valence-electron chi connectivity index (χ4n) is 3.76. The zero-order chi connectivity index (χ0) is 21.6. The van der Waals surface area contributed by atoms with Gasteiger partial charge in [0.05, 0.1) is 18.2 Å². The lowest BCUT2D eigenvalue weighted by molar-refractivity contribution is -0.643. The number of carbonyl (C=O) groups excluding carboxylic acids is 1. The smallest absolute Gasteiger partial charge is 0.279 e. The summed E-state index contributed by atoms with van der Waals surface area (Å²) in [6, 6.07) is 15.1. The molecular weight excluding hydrogens is 392 g/mol. The number of amides is 1. The van der Waals surface area contributed by atoms with Crippen molar-refractivity contribution in [2.24, 2.45) is 0 Å². The first-order chi connectivity index (χ1) is 15.2. The summed E-state index contributed by atoms with van der Waals surface area (Å²) in [6.45, 7) is 1.09. The molecule has 5 N–H and O–H groups in total. The molecular formula is C24H25N4O3+. The number of hydrogen-bond acceptors (Lipinski definition) is 4. The van der Waals surface area contributed by atoms with E-state index in [2.05, 4.69) is 16.4 Å². The van der Waals surface area contributed by atoms with E-state index in [0.717, 1.165) is 42.1 Å². The molecule has 0 aliphatic carbocycles. The zero-order valence-corrected chi connectivity index (χ0v) is 17.1. The first kappa shape index (κ1) is 20.7. The summed E-state index contributed by atoms with van der Waals surface area (Å²) in [7, 11) is 0. The minimum absolute atomic E-state index is 0.0501. The summed E-state index contributed by atoms with van der Waals surface area (Å²) in [6.07, 6.45) is 4.98. The van der Waals surface area contributed by atoms with Gasteiger partial charge in [0.1, 0.15) is 18.0 Å². The Balaban J connectivity index is 1.19. The minimum Gasteiger partial charge on any atom is -0.459 e. The molecule has 0 bridgehead atoms. The van der Waals surface area contributed by atoms with Crippen LogP contribution < -0.4 is 10.6 Å². The number of aryl methyl sites for hydroxylation is 1. The standard InChI is InChI=1S/C24H24N4O3/c25-12-16-4-6-22-21(9-16)17(13-27-22)3-1-2-8-26-14-24(30)28-19-5-7-23-18(10-19)11-20(15-29)31-23/h4-7,9-11,13,26-27,29H,1-3,8,14-15H2,(H,28,30)/p+1. The van der Waals surface area contributed by atoms with Gasteiger partial charge in [0.2, 0.25) is 0 Å². The Hall–Kier alpha value is -3.60. The highest BCUT2D eigenvalue weighted by molar-refractivity contribution is 5.94. The first-order valence-electron chi connectivity index (χ1n) is 10.4. The van der Waals surface area contributed by atoms with Crippen molar-refractivity contribution in [2.45, 2.75) is 25.9 Å². The van der Waals surface area contributed by atoms with Gasteiger partial charge in [0, 0.05) is 28.2 Å². The lowest BCUT2D eigenvalue weighted by Gasteiger charge is -2.05. The summed E-state index contributed by atoms with van der Waals surface area (Å²) in [5, 5.41) is 25.1. The number of H-pyrrole nitrogens is 1. The van der Waals surface area contributed by atoms with Crippen LogP contribution in [0, 0.1) is 11.3 Å². The van der Waals surface area contributed by atoms with E-state index < -0.39 is 0 Å². The Kier molecular flexibility index (Phi) is 6.32. The third-order valence-corrected chi connectivity index (χ3v) is 5.34. The number of aliphatic hydroxyl groups is 1. The van der Waals surface area contributed by atoms with Crippen molar-refractivity contribution in [3.63, 3.8) is 0 Å². The number of nitrogens with zero attached hydrogens (tertiary/aromatic N) is 1. The molecule has 0 spiro atoms. The molecule has 31 heavy (non-hydrogen) atoms. The molecule has 0 radical (unpaired) electrons. The van der Waals surface area contributed by atoms with Crippen molar-refractivity contribution in [1.82, 2.24) is 4.98 Å². The molecule has 158 valence electrons. The van der Waals surface area contributed by atoms with E-state index in [0.29, 0.717) is 29.1 Å². The maximum Gasteiger partial charge on any atom is 0.279 e. The normalized spacial score (nSPS) is 11.1. The van der Waals surface area contributed by atoms with E-state index in [9.17, 15) is 4.79 Å². The van der Waals surface area contributed by atoms with Crippen LogP contribution >= 0.6 is 0 Å². The lowest BCUT2D eigenvalue weighted by atomic mass is 10.1. The summed E-state index contributed by atoms with van der Waals surface area (Å²) in [5.74, 6) is 0.454. The molecule has 0 fully saturated rings. The number of furan rings is 1. The number of anilines is 1. The SMILES string of the molecule is N#Cc1ccc2[nH]cc(CCCC[NH2+]CC(=O)Nc3ccc4oc(CO)cc4c3)c2c1. The average Bonchev–Trinajstić information content (AvgIpc) is 3.38. The van der Waals surface area contributed by atoms with E-state index in [-0.39, 0.29) is 12.5 Å². The number of unbranched alkanes of at least 4 members (excludes halogenated alkanes) is 1. The van der Waals surface area contributed by atoms with Gasteiger partial charge in [-0.1, -0.05) is 0 Å². The average molecular weight is 417 g/mol. The van der Waals surface area contributed by atoms with Crippen LogP contribution in [0.2, 0.25) is 0 Å². The van der Waals surface area contributed by atoms with Gasteiger partial charge >= 0.3 is 0 Å². The van der Waals surface area contributed by atoms with Gasteiger partial charge in [-0.3, -0.25) is 4.79 Å². The number of aliphatic hydroxyl groups excluding tert-OH is 1. The topological polar surface area (TPSA) is 119 Å². The highest BCUT2D eigenvalue weighted by Gasteiger charge is 2.08. The highest BCUT2D eigenvalue weighted by Crippen LogP contribution is 2.23. The molecule has 2 aromatic carbocycles. The van der Waals surface area contributed by atoms with Gasteiger partial charge in [-0.15, -0.1) is 0 Å². The predicted octanol–water partition coefficient (Wildman–Crippen LogP) is 2.80. The molecule has 7 heteroatoms. The maximum atomic E-state index is 12.2. The van der Waals surface area contributed by atoms with Crippen molar-refractivity contribution in [3.8, 4) is 6.07 Å². The predicted molar refractivity (Wildman–Crippen MR) is 118 cm³/mol. The molecule has 0 saturated heterocycles. The molecule has 0 saturated carbocycles. The van der Waals surface area contributed by atoms with Gasteiger partial charge in [0.15, 0.2) is 6.54 Å². The molecule has 0 unspecified atom stereocenters. The van der Waals surface area contributed by atoms with E-state index in [1.807, 2.05) is 35.8 Å². The van der Waals surface area contributed by atoms with Crippen molar-refractivity contribution < 1.29 is 19.6 Å². The number of fused-ring (bicyclic) bond motifs is 2. The largest absolute Gasteiger partial charge is 0.459 e. The highest BCUT2D eigenvalue weighted by atomic mass is 16.4. The van der Waals surface area contributed by atoms with Crippen LogP contribution in [0.15, 0.2) is 53.1 Å². The molecule has 7 nitrogen and oxygen atoms in total. The molecule has 2 heterocycles. The van der Waals surface area contributed by atoms with Crippen LogP contribution in [0.4, 0.5) is 5.69 Å². The Morgan fingerprint density at radius 2 is 2.10 bits per heavy atom. The van der Waals surface area contributed by atoms with Crippen molar-refractivity contribution in [3.05, 3.63) is 65.5 Å². The number of quaternary nitrogens is 1. The quantitative estimate of drug-likeness (QED) is 0.313. The van der Waals surface area contributed by atoms with Crippen molar-refractivity contribution >= 4 is 33.5 Å². The summed E-state index contributed by atoms with van der Waals surface area (Å²) in [4.78, 5) is 15.5. The number of aromatic nitrogens is 1. The number of rotatable bonds is 9. The van der Waals surface area contributed by atoms with Gasteiger partial charge in [-0.25, -0.2) is 0 Å². The Morgan fingerprint density at radius 3 is 2.94 bits per heavy atom. The number of nitriles is 1. The van der Waals surface area contributed by atoms with Gasteiger partial charge < -0.3 is 25.1 Å². The third-order valence-electron chi connectivity index (χ3n) is 5.34. The molecule has 0 atom stereocenters. The van der Waals surface area contributed by atoms with E-state index in [1.165, 1.54) is 5.56 Å². The Morgan fingerprint density at radius 1 is 1.19 bits per heavy atom. The Labute approximate surface area is 179 Å². The second-order valence-corrected chi connectivity index (χ2v) is 7.60. The Bertz CT molecular complexity index is 1250. The van der Waals surface area contributed by atoms with Crippen LogP contribution in [0.3, 0.4) is 0 Å². The number of hydrogen-bond donors (Lipinski definition) is 4. The number of nitrogens with two attached hydrogens (primary N) is 1. The van der Waals surface area contributed by atoms with E-state index in [4.69, 9.17) is 14.8 Å². The molecule has 0 aliphatic heterocycles. The minimum atomic E-state index is -0.146. The summed E-state index contributed by atoms with van der Waals surface area (Å²) >= 11 is 0. The van der Waals surface area contributed by atoms with Gasteiger partial charge in [-0.05, 0) is 67.3 Å². The number of carbonyl (C=O) groups is 1. The monoisotopic (exact) mass is 417 g/mol. The summed E-state index contributed by atoms with van der Waals surface area (Å²) < 4.78 is 5.46. The number of aromatic amines is 1. The van der Waals surface area contributed by atoms with Crippen LogP contribution in [0.5, 0.6) is 0 Å². The number of nitrogens with one attached hydrogen (secondary N) is 2. The van der Waals surface area contributed by atoms with Crippen LogP contribution in [-0.2, 0) is 17.8 Å². The van der Waals surface area contributed by atoms with Crippen LogP contribution in [0.25, 0.3) is 21.9 Å². The maximum absolute atomic E-state index is 12.2. The van der Waals surface area contributed by atoms with E-state index in [1.54, 1.807) is 18.2 Å². The molecule has 0 aliphatic rings. The molecule has 4 aromatic rings. The first-order valence-corrected chi connectivity index (χ1v) is 10.4. The number of benzene rings is 2. The second kappa shape index (κ2) is 9.47. The lowest BCUT2D eigenvalue weighted by Crippen LogP contribution is -2.86. The fourth-order valence-corrected chi connectivity index (χ4v) is 3.76. The van der Waals surface area contributed by atoms with Gasteiger partial charge in [0.25, 0.3) is 5.91 Å².